The lowest BCUT2D eigenvalue weighted by Crippen LogP contribution is -2.16. The SMILES string of the molecule is Cc1cnccc1NS(=O)(=O)c1c(C)nn(CCO)c1C. The Labute approximate surface area is 123 Å². The van der Waals surface area contributed by atoms with Gasteiger partial charge >= 0.3 is 0 Å². The van der Waals surface area contributed by atoms with Gasteiger partial charge in [-0.3, -0.25) is 14.4 Å². The van der Waals surface area contributed by atoms with E-state index in [-0.39, 0.29) is 18.0 Å². The van der Waals surface area contributed by atoms with E-state index in [0.29, 0.717) is 17.1 Å². The first-order chi connectivity index (χ1) is 9.86. The van der Waals surface area contributed by atoms with E-state index >= 15 is 0 Å². The fourth-order valence-corrected chi connectivity index (χ4v) is 3.71. The molecule has 2 aromatic heterocycles. The summed E-state index contributed by atoms with van der Waals surface area (Å²) in [6.45, 7) is 5.24. The van der Waals surface area contributed by atoms with Crippen LogP contribution in [0, 0.1) is 20.8 Å². The lowest BCUT2D eigenvalue weighted by molar-refractivity contribution is 0.267. The van der Waals surface area contributed by atoms with Crippen molar-refractivity contribution in [1.82, 2.24) is 14.8 Å². The number of aliphatic hydroxyl groups excluding tert-OH is 1. The van der Waals surface area contributed by atoms with Gasteiger partial charge in [0, 0.05) is 12.4 Å². The first-order valence-corrected chi connectivity index (χ1v) is 7.93. The molecule has 0 aliphatic rings. The molecule has 7 nitrogen and oxygen atoms in total. The molecular formula is C13H18N4O3S. The molecule has 0 unspecified atom stereocenters. The Hall–Kier alpha value is -1.93. The van der Waals surface area contributed by atoms with Crippen LogP contribution in [0.25, 0.3) is 0 Å². The second kappa shape index (κ2) is 5.82. The summed E-state index contributed by atoms with van der Waals surface area (Å²) in [5.41, 5.74) is 2.12. The maximum absolute atomic E-state index is 12.6. The molecule has 0 spiro atoms. The van der Waals surface area contributed by atoms with Crippen molar-refractivity contribution in [3.8, 4) is 0 Å². The maximum Gasteiger partial charge on any atom is 0.265 e. The van der Waals surface area contributed by atoms with Crippen LogP contribution in [0.15, 0.2) is 23.4 Å². The number of hydrogen-bond donors (Lipinski definition) is 2. The molecule has 2 aromatic rings. The summed E-state index contributed by atoms with van der Waals surface area (Å²) in [6, 6.07) is 1.61. The van der Waals surface area contributed by atoms with Crippen LogP contribution in [0.2, 0.25) is 0 Å². The van der Waals surface area contributed by atoms with Gasteiger partial charge in [0.2, 0.25) is 0 Å². The number of nitrogens with one attached hydrogen (secondary N) is 1. The van der Waals surface area contributed by atoms with E-state index < -0.39 is 10.0 Å². The lowest BCUT2D eigenvalue weighted by atomic mass is 10.3. The maximum atomic E-state index is 12.6. The van der Waals surface area contributed by atoms with Crippen LogP contribution in [0.1, 0.15) is 17.0 Å². The monoisotopic (exact) mass is 310 g/mol. The van der Waals surface area contributed by atoms with Gasteiger partial charge in [-0.05, 0) is 32.4 Å². The van der Waals surface area contributed by atoms with E-state index in [1.54, 1.807) is 33.0 Å². The normalized spacial score (nSPS) is 11.6. The largest absolute Gasteiger partial charge is 0.394 e. The van der Waals surface area contributed by atoms with Crippen molar-refractivity contribution in [2.24, 2.45) is 0 Å². The van der Waals surface area contributed by atoms with Gasteiger partial charge in [0.15, 0.2) is 0 Å². The summed E-state index contributed by atoms with van der Waals surface area (Å²) < 4.78 is 29.2. The van der Waals surface area contributed by atoms with E-state index in [1.807, 2.05) is 0 Å². The van der Waals surface area contributed by atoms with Crippen molar-refractivity contribution < 1.29 is 13.5 Å². The van der Waals surface area contributed by atoms with Gasteiger partial charge in [-0.1, -0.05) is 0 Å². The Morgan fingerprint density at radius 2 is 2.05 bits per heavy atom. The van der Waals surface area contributed by atoms with Crippen LogP contribution in [0.5, 0.6) is 0 Å². The van der Waals surface area contributed by atoms with Gasteiger partial charge in [0.25, 0.3) is 10.0 Å². The number of aliphatic hydroxyl groups is 1. The van der Waals surface area contributed by atoms with E-state index in [1.165, 1.54) is 10.9 Å². The van der Waals surface area contributed by atoms with Gasteiger partial charge in [-0.25, -0.2) is 8.42 Å². The van der Waals surface area contributed by atoms with E-state index in [0.717, 1.165) is 5.56 Å². The summed E-state index contributed by atoms with van der Waals surface area (Å²) in [4.78, 5) is 4.08. The van der Waals surface area contributed by atoms with Gasteiger partial charge in [-0.15, -0.1) is 0 Å². The second-order valence-electron chi connectivity index (χ2n) is 4.74. The van der Waals surface area contributed by atoms with E-state index in [9.17, 15) is 8.42 Å². The molecule has 0 atom stereocenters. The zero-order valence-corrected chi connectivity index (χ0v) is 13.0. The standard InChI is InChI=1S/C13H18N4O3S/c1-9-8-14-5-4-12(9)16-21(19,20)13-10(2)15-17(6-7-18)11(13)3/h4-5,8,18H,6-7H2,1-3H3,(H,14,16). The molecule has 0 saturated carbocycles. The summed E-state index contributed by atoms with van der Waals surface area (Å²) in [7, 11) is -3.74. The molecule has 2 rings (SSSR count). The van der Waals surface area contributed by atoms with Crippen molar-refractivity contribution in [3.63, 3.8) is 0 Å². The Bertz CT molecular complexity index is 753. The van der Waals surface area contributed by atoms with Crippen molar-refractivity contribution in [3.05, 3.63) is 35.4 Å². The highest BCUT2D eigenvalue weighted by Crippen LogP contribution is 2.23. The molecule has 8 heteroatoms. The highest BCUT2D eigenvalue weighted by Gasteiger charge is 2.25. The number of hydrogen-bond acceptors (Lipinski definition) is 5. The first kappa shape index (κ1) is 15.5. The Morgan fingerprint density at radius 1 is 1.33 bits per heavy atom. The topological polar surface area (TPSA) is 97.1 Å². The fraction of sp³-hybridized carbons (Fsp3) is 0.385. The predicted molar refractivity (Wildman–Crippen MR) is 78.6 cm³/mol. The van der Waals surface area contributed by atoms with E-state index in [4.69, 9.17) is 5.11 Å². The summed E-state index contributed by atoms with van der Waals surface area (Å²) in [6.07, 6.45) is 3.12. The number of nitrogens with zero attached hydrogens (tertiary/aromatic N) is 3. The third kappa shape index (κ3) is 3.06. The lowest BCUT2D eigenvalue weighted by Gasteiger charge is -2.10. The quantitative estimate of drug-likeness (QED) is 0.858. The highest BCUT2D eigenvalue weighted by molar-refractivity contribution is 7.92. The van der Waals surface area contributed by atoms with Crippen LogP contribution in [0.4, 0.5) is 5.69 Å². The molecule has 0 fully saturated rings. The number of rotatable bonds is 5. The minimum Gasteiger partial charge on any atom is -0.394 e. The zero-order chi connectivity index (χ0) is 15.6. The molecular weight excluding hydrogens is 292 g/mol. The molecule has 0 amide bonds. The van der Waals surface area contributed by atoms with E-state index in [2.05, 4.69) is 14.8 Å². The molecule has 21 heavy (non-hydrogen) atoms. The fourth-order valence-electron chi connectivity index (χ4n) is 2.17. The number of anilines is 1. The summed E-state index contributed by atoms with van der Waals surface area (Å²) >= 11 is 0. The predicted octanol–water partition coefficient (Wildman–Crippen LogP) is 0.996. The van der Waals surface area contributed by atoms with Crippen molar-refractivity contribution in [2.75, 3.05) is 11.3 Å². The Balaban J connectivity index is 2.43. The molecule has 0 aliphatic carbocycles. The van der Waals surface area contributed by atoms with Gasteiger partial charge in [0.05, 0.1) is 30.2 Å². The van der Waals surface area contributed by atoms with Gasteiger partial charge in [0.1, 0.15) is 4.90 Å². The van der Waals surface area contributed by atoms with Crippen LogP contribution in [-0.2, 0) is 16.6 Å². The molecule has 2 N–H and O–H groups in total. The first-order valence-electron chi connectivity index (χ1n) is 6.45. The Morgan fingerprint density at radius 3 is 2.67 bits per heavy atom. The minimum atomic E-state index is -3.74. The van der Waals surface area contributed by atoms with Crippen molar-refractivity contribution in [2.45, 2.75) is 32.2 Å². The van der Waals surface area contributed by atoms with Gasteiger partial charge < -0.3 is 5.11 Å². The van der Waals surface area contributed by atoms with Crippen molar-refractivity contribution >= 4 is 15.7 Å². The molecule has 0 aromatic carbocycles. The number of sulfonamides is 1. The average Bonchev–Trinajstić information content (AvgIpc) is 2.68. The average molecular weight is 310 g/mol. The highest BCUT2D eigenvalue weighted by atomic mass is 32.2. The third-order valence-electron chi connectivity index (χ3n) is 3.16. The van der Waals surface area contributed by atoms with Crippen LogP contribution in [-0.4, -0.2) is 34.9 Å². The third-order valence-corrected chi connectivity index (χ3v) is 4.78. The molecule has 0 aliphatic heterocycles. The van der Waals surface area contributed by atoms with Crippen molar-refractivity contribution in [1.29, 1.82) is 0 Å². The molecule has 0 saturated heterocycles. The number of aryl methyl sites for hydroxylation is 2. The van der Waals surface area contributed by atoms with Gasteiger partial charge in [-0.2, -0.15) is 5.10 Å². The van der Waals surface area contributed by atoms with Crippen LogP contribution in [0.3, 0.4) is 0 Å². The summed E-state index contributed by atoms with van der Waals surface area (Å²) in [5, 5.41) is 13.1. The smallest absolute Gasteiger partial charge is 0.265 e. The number of pyridine rings is 1. The second-order valence-corrected chi connectivity index (χ2v) is 6.36. The number of aromatic nitrogens is 3. The molecule has 0 radical (unpaired) electrons. The molecule has 114 valence electrons. The zero-order valence-electron chi connectivity index (χ0n) is 12.2. The van der Waals surface area contributed by atoms with Crippen LogP contribution < -0.4 is 4.72 Å². The minimum absolute atomic E-state index is 0.0989. The van der Waals surface area contributed by atoms with Crippen LogP contribution >= 0.6 is 0 Å². The Kier molecular flexibility index (Phi) is 4.29. The molecule has 2 heterocycles. The molecule has 0 bridgehead atoms. The summed E-state index contributed by atoms with van der Waals surface area (Å²) in [5.74, 6) is 0.